The molecule has 2 heterocycles. The lowest BCUT2D eigenvalue weighted by atomic mass is 10.0. The van der Waals surface area contributed by atoms with E-state index in [1.54, 1.807) is 25.7 Å². The Morgan fingerprint density at radius 1 is 1.02 bits per heavy atom. The maximum Gasteiger partial charge on any atom is 0.416 e. The van der Waals surface area contributed by atoms with Gasteiger partial charge in [0.1, 0.15) is 17.8 Å². The van der Waals surface area contributed by atoms with Crippen LogP contribution >= 0.6 is 0 Å². The number of ether oxygens (including phenoxy) is 1. The van der Waals surface area contributed by atoms with Crippen LogP contribution in [0.4, 0.5) is 13.2 Å². The third-order valence-corrected chi connectivity index (χ3v) is 7.37. The third kappa shape index (κ3) is 9.57. The summed E-state index contributed by atoms with van der Waals surface area (Å²) in [5.74, 6) is -2.33. The van der Waals surface area contributed by atoms with Crippen molar-refractivity contribution in [2.24, 2.45) is 5.92 Å². The minimum absolute atomic E-state index is 0.0537. The van der Waals surface area contributed by atoms with E-state index >= 15 is 0 Å². The smallest absolute Gasteiger partial charge is 0.416 e. The lowest BCUT2D eigenvalue weighted by Gasteiger charge is -2.36. The molecule has 10 nitrogen and oxygen atoms in total. The van der Waals surface area contributed by atoms with Crippen LogP contribution in [0, 0.1) is 5.92 Å². The summed E-state index contributed by atoms with van der Waals surface area (Å²) in [7, 11) is 1.98. The van der Waals surface area contributed by atoms with Gasteiger partial charge in [-0.2, -0.15) is 13.2 Å². The number of alkyl halides is 3. The zero-order valence-corrected chi connectivity index (χ0v) is 25.8. The first-order valence-corrected chi connectivity index (χ1v) is 14.7. The van der Waals surface area contributed by atoms with Crippen molar-refractivity contribution in [1.29, 1.82) is 0 Å². The third-order valence-electron chi connectivity index (χ3n) is 7.37. The summed E-state index contributed by atoms with van der Waals surface area (Å²) in [4.78, 5) is 58.4. The van der Waals surface area contributed by atoms with Crippen molar-refractivity contribution in [3.63, 3.8) is 0 Å². The average Bonchev–Trinajstić information content (AvgIpc) is 3.39. The van der Waals surface area contributed by atoms with Crippen LogP contribution in [0.25, 0.3) is 0 Å². The molecule has 2 N–H and O–H groups in total. The average molecular weight is 612 g/mol. The number of benzene rings is 1. The van der Waals surface area contributed by atoms with Crippen LogP contribution < -0.4 is 15.4 Å². The Kier molecular flexibility index (Phi) is 11.1. The number of likely N-dealkylation sites (tertiary alicyclic amines) is 1. The molecular weight excluding hydrogens is 567 g/mol. The van der Waals surface area contributed by atoms with Crippen LogP contribution in [-0.4, -0.2) is 102 Å². The molecule has 0 bridgehead atoms. The molecule has 0 aromatic heterocycles. The number of carbonyl (C=O) groups is 4. The van der Waals surface area contributed by atoms with E-state index in [2.05, 4.69) is 15.5 Å². The first-order valence-electron chi connectivity index (χ1n) is 14.7. The number of carbonyl (C=O) groups excluding carboxylic acids is 4. The SMILES string of the molecule is CC(C)C[C@@H](NC(=O)c1cc(C(F)(F)F)ccc1OCC(=O)NC(C)(C)C)C(=O)N1CCC[C@@H]1C(=O)N1CCN(C)CC1. The minimum atomic E-state index is -4.74. The highest BCUT2D eigenvalue weighted by Gasteiger charge is 2.40. The maximum atomic E-state index is 13.8. The summed E-state index contributed by atoms with van der Waals surface area (Å²) in [5, 5.41) is 5.31. The molecule has 2 aliphatic heterocycles. The van der Waals surface area contributed by atoms with E-state index in [0.29, 0.717) is 38.5 Å². The fourth-order valence-electron chi connectivity index (χ4n) is 5.26. The Labute approximate surface area is 251 Å². The van der Waals surface area contributed by atoms with Gasteiger partial charge < -0.3 is 30.1 Å². The van der Waals surface area contributed by atoms with Gasteiger partial charge in [0, 0.05) is 38.3 Å². The van der Waals surface area contributed by atoms with Crippen LogP contribution in [0.3, 0.4) is 0 Å². The highest BCUT2D eigenvalue weighted by molar-refractivity contribution is 6.00. The van der Waals surface area contributed by atoms with Gasteiger partial charge in [-0.3, -0.25) is 19.2 Å². The quantitative estimate of drug-likeness (QED) is 0.445. The Morgan fingerprint density at radius 2 is 1.67 bits per heavy atom. The predicted octanol–water partition coefficient (Wildman–Crippen LogP) is 2.91. The normalized spacial score (nSPS) is 18.9. The van der Waals surface area contributed by atoms with Gasteiger partial charge in [-0.1, -0.05) is 13.8 Å². The van der Waals surface area contributed by atoms with Crippen molar-refractivity contribution in [3.05, 3.63) is 29.3 Å². The molecule has 1 aromatic rings. The van der Waals surface area contributed by atoms with E-state index in [1.165, 1.54) is 4.90 Å². The van der Waals surface area contributed by atoms with Gasteiger partial charge in [0.2, 0.25) is 11.8 Å². The van der Waals surface area contributed by atoms with Gasteiger partial charge in [0.15, 0.2) is 6.61 Å². The Bertz CT molecular complexity index is 1180. The second-order valence-corrected chi connectivity index (χ2v) is 12.8. The zero-order chi connectivity index (χ0) is 32.1. The molecule has 4 amide bonds. The van der Waals surface area contributed by atoms with Gasteiger partial charge in [-0.25, -0.2) is 0 Å². The van der Waals surface area contributed by atoms with E-state index in [0.717, 1.165) is 25.2 Å². The number of nitrogens with one attached hydrogen (secondary N) is 2. The summed E-state index contributed by atoms with van der Waals surface area (Å²) >= 11 is 0. The number of piperazine rings is 1. The standard InChI is InChI=1S/C30H44F3N5O5/c1-19(2)16-22(27(41)38-11-7-8-23(38)28(42)37-14-12-36(6)13-15-37)34-26(40)21-17-20(30(31,32)33)9-10-24(21)43-18-25(39)35-29(3,4)5/h9-10,17,19,22-23H,7-8,11-16,18H2,1-6H3,(H,34,40)(H,35,39)/t22-,23-/m1/s1. The summed E-state index contributed by atoms with van der Waals surface area (Å²) in [6.45, 7) is 11.4. The highest BCUT2D eigenvalue weighted by Crippen LogP contribution is 2.33. The molecule has 0 spiro atoms. The number of nitrogens with zero attached hydrogens (tertiary/aromatic N) is 3. The van der Waals surface area contributed by atoms with Crippen LogP contribution in [0.15, 0.2) is 18.2 Å². The summed E-state index contributed by atoms with van der Waals surface area (Å²) in [6, 6.07) is 0.672. The Balaban J connectivity index is 1.83. The molecule has 2 fully saturated rings. The minimum Gasteiger partial charge on any atom is -0.483 e. The molecular formula is C30H44F3N5O5. The molecule has 3 rings (SSSR count). The largest absolute Gasteiger partial charge is 0.483 e. The lowest BCUT2D eigenvalue weighted by molar-refractivity contribution is -0.145. The van der Waals surface area contributed by atoms with E-state index in [1.807, 2.05) is 20.9 Å². The van der Waals surface area contributed by atoms with Gasteiger partial charge in [0.25, 0.3) is 11.8 Å². The summed E-state index contributed by atoms with van der Waals surface area (Å²) in [5.41, 5.74) is -2.09. The van der Waals surface area contributed by atoms with Gasteiger partial charge in [-0.05, 0) is 71.2 Å². The van der Waals surface area contributed by atoms with Crippen LogP contribution in [0.1, 0.15) is 69.8 Å². The first kappa shape index (κ1) is 34.1. The molecule has 0 radical (unpaired) electrons. The molecule has 2 aliphatic rings. The van der Waals surface area contributed by atoms with E-state index < -0.39 is 59.3 Å². The topological polar surface area (TPSA) is 111 Å². The zero-order valence-electron chi connectivity index (χ0n) is 25.8. The predicted molar refractivity (Wildman–Crippen MR) is 154 cm³/mol. The van der Waals surface area contributed by atoms with Gasteiger partial charge >= 0.3 is 6.18 Å². The van der Waals surface area contributed by atoms with Crippen molar-refractivity contribution in [1.82, 2.24) is 25.3 Å². The monoisotopic (exact) mass is 611 g/mol. The number of hydrogen-bond donors (Lipinski definition) is 2. The van der Waals surface area contributed by atoms with Crippen LogP contribution in [0.5, 0.6) is 5.75 Å². The second-order valence-electron chi connectivity index (χ2n) is 12.8. The van der Waals surface area contributed by atoms with Gasteiger partial charge in [-0.15, -0.1) is 0 Å². The summed E-state index contributed by atoms with van der Waals surface area (Å²) < 4.78 is 46.3. The lowest BCUT2D eigenvalue weighted by Crippen LogP contribution is -2.56. The molecule has 2 saturated heterocycles. The molecule has 0 aliphatic carbocycles. The molecule has 0 saturated carbocycles. The molecule has 240 valence electrons. The van der Waals surface area contributed by atoms with E-state index in [9.17, 15) is 32.3 Å². The molecule has 13 heteroatoms. The molecule has 43 heavy (non-hydrogen) atoms. The van der Waals surface area contributed by atoms with Crippen molar-refractivity contribution in [2.45, 2.75) is 77.7 Å². The number of halogens is 3. The van der Waals surface area contributed by atoms with Crippen molar-refractivity contribution in [2.75, 3.05) is 46.4 Å². The first-order chi connectivity index (χ1) is 20.0. The highest BCUT2D eigenvalue weighted by atomic mass is 19.4. The van der Waals surface area contributed by atoms with Crippen LogP contribution in [0.2, 0.25) is 0 Å². The Hall–Kier alpha value is -3.35. The van der Waals surface area contributed by atoms with Crippen molar-refractivity contribution < 1.29 is 37.1 Å². The fraction of sp³-hybridized carbons (Fsp3) is 0.667. The van der Waals surface area contributed by atoms with E-state index in [-0.39, 0.29) is 24.0 Å². The van der Waals surface area contributed by atoms with E-state index in [4.69, 9.17) is 4.74 Å². The molecule has 1 aromatic carbocycles. The maximum absolute atomic E-state index is 13.8. The summed E-state index contributed by atoms with van der Waals surface area (Å²) in [6.07, 6.45) is -3.40. The molecule has 0 unspecified atom stereocenters. The van der Waals surface area contributed by atoms with Crippen molar-refractivity contribution >= 4 is 23.6 Å². The number of likely N-dealkylation sites (N-methyl/N-ethyl adjacent to an activating group) is 1. The number of hydrogen-bond acceptors (Lipinski definition) is 6. The van der Waals surface area contributed by atoms with Gasteiger partial charge in [0.05, 0.1) is 11.1 Å². The second kappa shape index (κ2) is 14.0. The van der Waals surface area contributed by atoms with Crippen molar-refractivity contribution in [3.8, 4) is 5.75 Å². The number of rotatable bonds is 9. The fourth-order valence-corrected chi connectivity index (χ4v) is 5.26. The Morgan fingerprint density at radius 3 is 2.26 bits per heavy atom. The number of amides is 4. The molecule has 2 atom stereocenters. The van der Waals surface area contributed by atoms with Crippen LogP contribution in [-0.2, 0) is 20.6 Å².